The lowest BCUT2D eigenvalue weighted by molar-refractivity contribution is 0.256. The normalized spacial score (nSPS) is 24.6. The van der Waals surface area contributed by atoms with Crippen LogP contribution in [0.1, 0.15) is 44.8 Å². The van der Waals surface area contributed by atoms with Gasteiger partial charge in [0.2, 0.25) is 0 Å². The molecule has 1 saturated carbocycles. The van der Waals surface area contributed by atoms with E-state index in [9.17, 15) is 0 Å². The van der Waals surface area contributed by atoms with E-state index in [1.165, 1.54) is 25.0 Å². The molecule has 1 heterocycles. The van der Waals surface area contributed by atoms with Gasteiger partial charge in [0.15, 0.2) is 0 Å². The van der Waals surface area contributed by atoms with Crippen LogP contribution in [-0.2, 0) is 6.42 Å². The smallest absolute Gasteiger partial charge is 0.0950 e. The molecule has 1 fully saturated rings. The van der Waals surface area contributed by atoms with E-state index in [2.05, 4.69) is 23.4 Å². The largest absolute Gasteiger partial charge is 0.331 e. The Morgan fingerprint density at radius 2 is 2.40 bits per heavy atom. The van der Waals surface area contributed by atoms with E-state index in [0.29, 0.717) is 18.0 Å². The van der Waals surface area contributed by atoms with E-state index in [1.807, 2.05) is 12.5 Å². The van der Waals surface area contributed by atoms with Crippen LogP contribution in [0.2, 0.25) is 0 Å². The fourth-order valence-electron chi connectivity index (χ4n) is 2.78. The third kappa shape index (κ3) is 1.93. The molecule has 15 heavy (non-hydrogen) atoms. The maximum absolute atomic E-state index is 5.61. The lowest BCUT2D eigenvalue weighted by Gasteiger charge is -2.29. The summed E-state index contributed by atoms with van der Waals surface area (Å²) in [7, 11) is 0. The maximum Gasteiger partial charge on any atom is 0.0950 e. The van der Waals surface area contributed by atoms with Gasteiger partial charge in [-0.25, -0.2) is 4.98 Å². The summed E-state index contributed by atoms with van der Waals surface area (Å²) in [5, 5.41) is 0. The Hall–Kier alpha value is -0.830. The third-order valence-electron chi connectivity index (χ3n) is 3.68. The molecule has 0 aliphatic heterocycles. The summed E-state index contributed by atoms with van der Waals surface area (Å²) in [5.74, 6) is 0. The number of hydrogen-bond donors (Lipinski definition) is 1. The molecular formula is C12H21N3. The highest BCUT2D eigenvalue weighted by molar-refractivity contribution is 5.04. The molecule has 84 valence electrons. The van der Waals surface area contributed by atoms with Crippen molar-refractivity contribution in [2.24, 2.45) is 11.1 Å². The van der Waals surface area contributed by atoms with Gasteiger partial charge >= 0.3 is 0 Å². The van der Waals surface area contributed by atoms with Gasteiger partial charge in [-0.2, -0.15) is 0 Å². The Morgan fingerprint density at radius 1 is 1.60 bits per heavy atom. The highest BCUT2D eigenvalue weighted by atomic mass is 15.1. The molecule has 2 N–H and O–H groups in total. The molecule has 0 saturated heterocycles. The van der Waals surface area contributed by atoms with Crippen molar-refractivity contribution in [3.63, 3.8) is 0 Å². The van der Waals surface area contributed by atoms with Crippen molar-refractivity contribution in [1.29, 1.82) is 0 Å². The van der Waals surface area contributed by atoms with Crippen LogP contribution in [0.4, 0.5) is 0 Å². The van der Waals surface area contributed by atoms with Crippen LogP contribution in [0.5, 0.6) is 0 Å². The molecule has 0 aromatic carbocycles. The predicted octanol–water partition coefficient (Wildman–Crippen LogP) is 2.14. The van der Waals surface area contributed by atoms with Crippen LogP contribution in [0.15, 0.2) is 12.5 Å². The van der Waals surface area contributed by atoms with Gasteiger partial charge in [-0.15, -0.1) is 0 Å². The Balaban J connectivity index is 2.25. The minimum Gasteiger partial charge on any atom is -0.331 e. The molecule has 1 unspecified atom stereocenters. The summed E-state index contributed by atoms with van der Waals surface area (Å²) in [6.45, 7) is 5.42. The Labute approximate surface area is 91.7 Å². The number of hydrogen-bond acceptors (Lipinski definition) is 2. The monoisotopic (exact) mass is 207 g/mol. The number of nitrogens with two attached hydrogens (primary N) is 1. The summed E-state index contributed by atoms with van der Waals surface area (Å²) in [6, 6.07) is 0.613. The second-order valence-corrected chi connectivity index (χ2v) is 5.23. The van der Waals surface area contributed by atoms with Crippen molar-refractivity contribution in [1.82, 2.24) is 9.55 Å². The van der Waals surface area contributed by atoms with Crippen molar-refractivity contribution in [2.75, 3.05) is 6.54 Å². The van der Waals surface area contributed by atoms with Crippen molar-refractivity contribution in [3.8, 4) is 0 Å². The first-order valence-electron chi connectivity index (χ1n) is 5.86. The number of nitrogens with zero attached hydrogens (tertiary/aromatic N) is 2. The zero-order chi connectivity index (χ0) is 10.9. The topological polar surface area (TPSA) is 43.8 Å². The first-order chi connectivity index (χ1) is 7.15. The number of aromatic nitrogens is 2. The molecule has 1 atom stereocenters. The van der Waals surface area contributed by atoms with Crippen molar-refractivity contribution in [3.05, 3.63) is 18.2 Å². The predicted molar refractivity (Wildman–Crippen MR) is 61.7 cm³/mol. The van der Waals surface area contributed by atoms with E-state index >= 15 is 0 Å². The Bertz CT molecular complexity index is 327. The lowest BCUT2D eigenvalue weighted by Crippen LogP contribution is -2.23. The SMILES string of the molecule is CC1(C)CCCC1n1cncc1CCN. The van der Waals surface area contributed by atoms with Crippen molar-refractivity contribution < 1.29 is 0 Å². The average molecular weight is 207 g/mol. The van der Waals surface area contributed by atoms with E-state index in [4.69, 9.17) is 5.73 Å². The van der Waals surface area contributed by atoms with Gasteiger partial charge in [0.25, 0.3) is 0 Å². The molecule has 1 aromatic rings. The standard InChI is InChI=1S/C12H21N3/c1-12(2)6-3-4-11(12)15-9-14-8-10(15)5-7-13/h8-9,11H,3-7,13H2,1-2H3. The van der Waals surface area contributed by atoms with Gasteiger partial charge in [0.1, 0.15) is 0 Å². The van der Waals surface area contributed by atoms with Gasteiger partial charge < -0.3 is 10.3 Å². The van der Waals surface area contributed by atoms with E-state index < -0.39 is 0 Å². The number of rotatable bonds is 3. The zero-order valence-electron chi connectivity index (χ0n) is 9.74. The molecule has 1 aliphatic rings. The molecule has 0 radical (unpaired) electrons. The quantitative estimate of drug-likeness (QED) is 0.825. The van der Waals surface area contributed by atoms with E-state index in [1.54, 1.807) is 0 Å². The van der Waals surface area contributed by atoms with Crippen LogP contribution < -0.4 is 5.73 Å². The van der Waals surface area contributed by atoms with Crippen molar-refractivity contribution >= 4 is 0 Å². The molecule has 1 aliphatic carbocycles. The molecule has 0 spiro atoms. The minimum absolute atomic E-state index is 0.407. The van der Waals surface area contributed by atoms with Crippen LogP contribution >= 0.6 is 0 Å². The van der Waals surface area contributed by atoms with Crippen LogP contribution in [0, 0.1) is 5.41 Å². The first kappa shape index (κ1) is 10.7. The van der Waals surface area contributed by atoms with Crippen LogP contribution in [0.3, 0.4) is 0 Å². The Morgan fingerprint density at radius 3 is 3.00 bits per heavy atom. The summed E-state index contributed by atoms with van der Waals surface area (Å²) in [4.78, 5) is 4.26. The fourth-order valence-corrected chi connectivity index (χ4v) is 2.78. The molecule has 1 aromatic heterocycles. The molecule has 2 rings (SSSR count). The maximum atomic E-state index is 5.61. The van der Waals surface area contributed by atoms with Crippen molar-refractivity contribution in [2.45, 2.75) is 45.6 Å². The molecule has 0 amide bonds. The van der Waals surface area contributed by atoms with Crippen LogP contribution in [-0.4, -0.2) is 16.1 Å². The zero-order valence-corrected chi connectivity index (χ0v) is 9.74. The molecule has 0 bridgehead atoms. The number of imidazole rings is 1. The van der Waals surface area contributed by atoms with E-state index in [0.717, 1.165) is 6.42 Å². The van der Waals surface area contributed by atoms with Gasteiger partial charge in [0, 0.05) is 24.4 Å². The molecule has 3 nitrogen and oxygen atoms in total. The summed E-state index contributed by atoms with van der Waals surface area (Å²) < 4.78 is 2.35. The highest BCUT2D eigenvalue weighted by Gasteiger charge is 2.36. The average Bonchev–Trinajstić information content (AvgIpc) is 2.72. The summed E-state index contributed by atoms with van der Waals surface area (Å²) in [5.41, 5.74) is 7.31. The molecule has 3 heteroatoms. The van der Waals surface area contributed by atoms with Gasteiger partial charge in [-0.1, -0.05) is 20.3 Å². The van der Waals surface area contributed by atoms with Crippen LogP contribution in [0.25, 0.3) is 0 Å². The van der Waals surface area contributed by atoms with Gasteiger partial charge in [0.05, 0.1) is 6.33 Å². The first-order valence-corrected chi connectivity index (χ1v) is 5.86. The van der Waals surface area contributed by atoms with E-state index in [-0.39, 0.29) is 0 Å². The summed E-state index contributed by atoms with van der Waals surface area (Å²) >= 11 is 0. The second-order valence-electron chi connectivity index (χ2n) is 5.23. The van der Waals surface area contributed by atoms with Gasteiger partial charge in [-0.05, 0) is 24.8 Å². The fraction of sp³-hybridized carbons (Fsp3) is 0.750. The lowest BCUT2D eigenvalue weighted by atomic mass is 9.87. The molecular weight excluding hydrogens is 186 g/mol. The van der Waals surface area contributed by atoms with Gasteiger partial charge in [-0.3, -0.25) is 0 Å². The third-order valence-corrected chi connectivity index (χ3v) is 3.68. The highest BCUT2D eigenvalue weighted by Crippen LogP contribution is 2.46. The minimum atomic E-state index is 0.407. The summed E-state index contributed by atoms with van der Waals surface area (Å²) in [6.07, 6.45) is 8.80. The Kier molecular flexibility index (Phi) is 2.83. The second kappa shape index (κ2) is 3.97.